The predicted octanol–water partition coefficient (Wildman–Crippen LogP) is 3.21. The van der Waals surface area contributed by atoms with Gasteiger partial charge in [-0.2, -0.15) is 0 Å². The van der Waals surface area contributed by atoms with Crippen molar-refractivity contribution in [2.24, 2.45) is 0 Å². The Morgan fingerprint density at radius 1 is 1.10 bits per heavy atom. The normalized spacial score (nSPS) is 11.3. The quantitative estimate of drug-likeness (QED) is 0.651. The van der Waals surface area contributed by atoms with Gasteiger partial charge >= 0.3 is 136 Å². The molecule has 0 aliphatic rings. The van der Waals surface area contributed by atoms with Gasteiger partial charge in [-0.15, -0.1) is 0 Å². The Hall–Kier alpha value is -1.43. The van der Waals surface area contributed by atoms with E-state index in [4.69, 9.17) is 16.3 Å². The summed E-state index contributed by atoms with van der Waals surface area (Å²) in [6.07, 6.45) is -0.495. The molecular formula is C17H15ClO2Se. The summed E-state index contributed by atoms with van der Waals surface area (Å²) < 4.78 is 5.49. The Labute approximate surface area is 136 Å². The van der Waals surface area contributed by atoms with Gasteiger partial charge in [-0.1, -0.05) is 0 Å². The Balaban J connectivity index is 1.73. The third-order valence-electron chi connectivity index (χ3n) is 2.59. The molecule has 21 heavy (non-hydrogen) atoms. The standard InChI is InChI=1S/C17H15ClO2Se/c18-17-9-5-4-6-14(17)10-11-21-13-15(19)12-20-16-7-2-1-3-8-16/h1-9,15,19H,12-13H2. The molecule has 2 nitrogen and oxygen atoms in total. The summed E-state index contributed by atoms with van der Waals surface area (Å²) in [5, 5.41) is 11.2. The van der Waals surface area contributed by atoms with E-state index in [0.717, 1.165) is 11.3 Å². The number of aliphatic hydroxyl groups is 1. The van der Waals surface area contributed by atoms with Crippen molar-refractivity contribution in [3.63, 3.8) is 0 Å². The van der Waals surface area contributed by atoms with Crippen LogP contribution in [0.2, 0.25) is 10.3 Å². The van der Waals surface area contributed by atoms with Crippen molar-refractivity contribution >= 4 is 26.6 Å². The van der Waals surface area contributed by atoms with Crippen LogP contribution in [-0.4, -0.2) is 32.8 Å². The zero-order valence-electron chi connectivity index (χ0n) is 11.3. The van der Waals surface area contributed by atoms with E-state index in [9.17, 15) is 5.11 Å². The number of hydrogen-bond acceptors (Lipinski definition) is 2. The summed E-state index contributed by atoms with van der Waals surface area (Å²) in [7, 11) is 0. The van der Waals surface area contributed by atoms with Crippen LogP contribution in [0.25, 0.3) is 0 Å². The summed E-state index contributed by atoms with van der Waals surface area (Å²) >= 11 is 6.06. The number of ether oxygens (including phenoxy) is 1. The van der Waals surface area contributed by atoms with Crippen LogP contribution in [0.1, 0.15) is 5.56 Å². The fraction of sp³-hybridized carbons (Fsp3) is 0.176. The van der Waals surface area contributed by atoms with E-state index in [-0.39, 0.29) is 15.0 Å². The van der Waals surface area contributed by atoms with Gasteiger partial charge < -0.3 is 0 Å². The minimum absolute atomic E-state index is 0.0403. The van der Waals surface area contributed by atoms with Gasteiger partial charge in [0.2, 0.25) is 0 Å². The van der Waals surface area contributed by atoms with Crippen LogP contribution in [0.15, 0.2) is 54.6 Å². The Kier molecular flexibility index (Phi) is 6.66. The van der Waals surface area contributed by atoms with Crippen molar-refractivity contribution in [3.05, 3.63) is 65.2 Å². The van der Waals surface area contributed by atoms with E-state index in [0.29, 0.717) is 16.9 Å². The third-order valence-corrected chi connectivity index (χ3v) is 4.60. The van der Waals surface area contributed by atoms with Crippen LogP contribution in [-0.2, 0) is 0 Å². The van der Waals surface area contributed by atoms with Crippen LogP contribution in [0.4, 0.5) is 0 Å². The second-order valence-corrected chi connectivity index (χ2v) is 6.44. The number of hydrogen-bond donors (Lipinski definition) is 1. The van der Waals surface area contributed by atoms with Crippen LogP contribution in [0, 0.1) is 10.7 Å². The Bertz CT molecular complexity index is 619. The van der Waals surface area contributed by atoms with Crippen LogP contribution < -0.4 is 4.74 Å². The molecule has 0 fully saturated rings. The molecule has 0 saturated carbocycles. The summed E-state index contributed by atoms with van der Waals surface area (Å²) in [4.78, 5) is 3.08. The molecule has 0 bridgehead atoms. The first-order chi connectivity index (χ1) is 10.3. The topological polar surface area (TPSA) is 29.5 Å². The molecule has 0 aliphatic carbocycles. The molecule has 1 N–H and O–H groups in total. The van der Waals surface area contributed by atoms with Crippen molar-refractivity contribution < 1.29 is 9.84 Å². The Morgan fingerprint density at radius 3 is 2.57 bits per heavy atom. The van der Waals surface area contributed by atoms with E-state index in [1.165, 1.54) is 0 Å². The maximum absolute atomic E-state index is 9.86. The van der Waals surface area contributed by atoms with Crippen LogP contribution in [0.3, 0.4) is 0 Å². The zero-order chi connectivity index (χ0) is 14.9. The number of rotatable bonds is 5. The van der Waals surface area contributed by atoms with E-state index < -0.39 is 6.10 Å². The summed E-state index contributed by atoms with van der Waals surface area (Å²) in [5.74, 6) is 3.81. The second kappa shape index (κ2) is 8.77. The molecule has 2 aromatic rings. The molecule has 0 amide bonds. The van der Waals surface area contributed by atoms with Gasteiger partial charge in [0.05, 0.1) is 0 Å². The fourth-order valence-electron chi connectivity index (χ4n) is 1.55. The van der Waals surface area contributed by atoms with Crippen LogP contribution >= 0.6 is 11.6 Å². The molecule has 0 spiro atoms. The molecular weight excluding hydrogens is 351 g/mol. The van der Waals surface area contributed by atoms with Gasteiger partial charge in [-0.05, 0) is 0 Å². The van der Waals surface area contributed by atoms with Crippen molar-refractivity contribution in [2.45, 2.75) is 11.4 Å². The van der Waals surface area contributed by atoms with Gasteiger partial charge in [0.15, 0.2) is 0 Å². The average Bonchev–Trinajstić information content (AvgIpc) is 2.52. The molecule has 0 saturated heterocycles. The molecule has 0 radical (unpaired) electrons. The molecule has 4 heteroatoms. The third kappa shape index (κ3) is 5.83. The summed E-state index contributed by atoms with van der Waals surface area (Å²) in [6, 6.07) is 17.0. The molecule has 0 aromatic heterocycles. The van der Waals surface area contributed by atoms with E-state index in [1.807, 2.05) is 54.6 Å². The van der Waals surface area contributed by atoms with Gasteiger partial charge in [0.25, 0.3) is 0 Å². The predicted molar refractivity (Wildman–Crippen MR) is 86.8 cm³/mol. The average molecular weight is 366 g/mol. The first kappa shape index (κ1) is 15.9. The van der Waals surface area contributed by atoms with Gasteiger partial charge in [-0.3, -0.25) is 0 Å². The molecule has 2 aromatic carbocycles. The first-order valence-corrected chi connectivity index (χ1v) is 8.93. The molecule has 0 aliphatic heterocycles. The molecule has 1 unspecified atom stereocenters. The minimum atomic E-state index is -0.495. The van der Waals surface area contributed by atoms with Crippen molar-refractivity contribution in [3.8, 4) is 16.5 Å². The SMILES string of the molecule is OC(COc1ccccc1)C[Se]C#Cc1ccccc1Cl. The van der Waals surface area contributed by atoms with Gasteiger partial charge in [0, 0.05) is 0 Å². The number of para-hydroxylation sites is 1. The van der Waals surface area contributed by atoms with Crippen molar-refractivity contribution in [1.82, 2.24) is 0 Å². The molecule has 1 atom stereocenters. The monoisotopic (exact) mass is 366 g/mol. The second-order valence-electron chi connectivity index (χ2n) is 4.30. The van der Waals surface area contributed by atoms with Gasteiger partial charge in [0.1, 0.15) is 0 Å². The fourth-order valence-corrected chi connectivity index (χ4v) is 2.89. The maximum atomic E-state index is 9.86. The van der Waals surface area contributed by atoms with E-state index >= 15 is 0 Å². The van der Waals surface area contributed by atoms with Gasteiger partial charge in [-0.25, -0.2) is 0 Å². The van der Waals surface area contributed by atoms with Crippen molar-refractivity contribution in [1.29, 1.82) is 0 Å². The number of aliphatic hydroxyl groups excluding tert-OH is 1. The van der Waals surface area contributed by atoms with Crippen molar-refractivity contribution in [2.75, 3.05) is 6.61 Å². The number of benzene rings is 2. The molecule has 108 valence electrons. The molecule has 2 rings (SSSR count). The van der Waals surface area contributed by atoms with E-state index in [2.05, 4.69) is 10.7 Å². The zero-order valence-corrected chi connectivity index (χ0v) is 13.8. The Morgan fingerprint density at radius 2 is 1.81 bits per heavy atom. The van der Waals surface area contributed by atoms with Crippen LogP contribution in [0.5, 0.6) is 5.75 Å². The number of halogens is 1. The summed E-state index contributed by atoms with van der Waals surface area (Å²) in [6.45, 7) is 0.291. The summed E-state index contributed by atoms with van der Waals surface area (Å²) in [5.41, 5.74) is 0.830. The molecule has 0 heterocycles. The van der Waals surface area contributed by atoms with E-state index in [1.54, 1.807) is 0 Å². The first-order valence-electron chi connectivity index (χ1n) is 6.49.